The molecular formula is C8H7Cl5. The van der Waals surface area contributed by atoms with E-state index in [1.54, 1.807) is 0 Å². The SMILES string of the molecule is Cc1c(C)c(Cl)c(Cl)c(Cl)c1Cl.Cl. The van der Waals surface area contributed by atoms with Crippen molar-refractivity contribution in [3.8, 4) is 0 Å². The first-order valence-corrected chi connectivity index (χ1v) is 4.77. The van der Waals surface area contributed by atoms with E-state index in [0.29, 0.717) is 20.1 Å². The molecule has 1 aromatic rings. The van der Waals surface area contributed by atoms with Crippen LogP contribution in [0.2, 0.25) is 20.1 Å². The molecule has 0 unspecified atom stereocenters. The van der Waals surface area contributed by atoms with Gasteiger partial charge in [0.15, 0.2) is 0 Å². The lowest BCUT2D eigenvalue weighted by Crippen LogP contribution is -1.87. The fraction of sp³-hybridized carbons (Fsp3) is 0.250. The van der Waals surface area contributed by atoms with E-state index in [-0.39, 0.29) is 12.4 Å². The molecule has 0 N–H and O–H groups in total. The first-order chi connectivity index (χ1) is 5.46. The third-order valence-electron chi connectivity index (χ3n) is 1.80. The minimum atomic E-state index is 0. The Bertz CT molecular complexity index is 227. The fourth-order valence-electron chi connectivity index (χ4n) is 0.851. The van der Waals surface area contributed by atoms with E-state index in [9.17, 15) is 0 Å². The van der Waals surface area contributed by atoms with Gasteiger partial charge >= 0.3 is 0 Å². The van der Waals surface area contributed by atoms with Gasteiger partial charge in [-0.3, -0.25) is 0 Å². The smallest absolute Gasteiger partial charge is 0.0796 e. The largest absolute Gasteiger partial charge is 0.147 e. The number of hydrogen-bond acceptors (Lipinski definition) is 0. The van der Waals surface area contributed by atoms with E-state index < -0.39 is 0 Å². The molecule has 5 heteroatoms. The average molecular weight is 280 g/mol. The summed E-state index contributed by atoms with van der Waals surface area (Å²) in [4.78, 5) is 0. The second-order valence-electron chi connectivity index (χ2n) is 2.51. The summed E-state index contributed by atoms with van der Waals surface area (Å²) in [5.41, 5.74) is 1.74. The molecule has 0 aliphatic heterocycles. The van der Waals surface area contributed by atoms with Crippen molar-refractivity contribution < 1.29 is 0 Å². The average Bonchev–Trinajstić information content (AvgIpc) is 2.08. The van der Waals surface area contributed by atoms with Crippen molar-refractivity contribution in [2.24, 2.45) is 0 Å². The molecule has 74 valence electrons. The molecule has 0 bridgehead atoms. The number of benzene rings is 1. The van der Waals surface area contributed by atoms with Crippen LogP contribution < -0.4 is 0 Å². The van der Waals surface area contributed by atoms with Crippen molar-refractivity contribution >= 4 is 58.8 Å². The number of rotatable bonds is 0. The summed E-state index contributed by atoms with van der Waals surface area (Å²) >= 11 is 23.4. The Balaban J connectivity index is 0.00000144. The summed E-state index contributed by atoms with van der Waals surface area (Å²) < 4.78 is 0. The summed E-state index contributed by atoms with van der Waals surface area (Å²) in [5.74, 6) is 0. The van der Waals surface area contributed by atoms with Crippen LogP contribution in [0.1, 0.15) is 11.1 Å². The van der Waals surface area contributed by atoms with Crippen LogP contribution in [0.25, 0.3) is 0 Å². The number of halogens is 5. The van der Waals surface area contributed by atoms with Crippen molar-refractivity contribution in [1.82, 2.24) is 0 Å². The molecule has 0 fully saturated rings. The van der Waals surface area contributed by atoms with Crippen molar-refractivity contribution in [1.29, 1.82) is 0 Å². The van der Waals surface area contributed by atoms with Crippen molar-refractivity contribution in [2.75, 3.05) is 0 Å². The van der Waals surface area contributed by atoms with Gasteiger partial charge in [0.25, 0.3) is 0 Å². The zero-order valence-electron chi connectivity index (χ0n) is 6.92. The standard InChI is InChI=1S/C8H6Cl4.ClH/c1-3-4(2)6(10)8(12)7(11)5(3)9;/h1-2H3;1H. The molecule has 0 aliphatic rings. The van der Waals surface area contributed by atoms with Gasteiger partial charge in [0.05, 0.1) is 20.1 Å². The van der Waals surface area contributed by atoms with Crippen LogP contribution in [-0.4, -0.2) is 0 Å². The minimum Gasteiger partial charge on any atom is -0.147 e. The van der Waals surface area contributed by atoms with E-state index in [1.807, 2.05) is 13.8 Å². The quantitative estimate of drug-likeness (QED) is 0.444. The molecule has 0 atom stereocenters. The Morgan fingerprint density at radius 1 is 0.615 bits per heavy atom. The summed E-state index contributed by atoms with van der Waals surface area (Å²) in [5, 5.41) is 1.60. The zero-order chi connectivity index (χ0) is 9.46. The molecule has 0 aromatic heterocycles. The van der Waals surface area contributed by atoms with Gasteiger partial charge in [-0.1, -0.05) is 46.4 Å². The maximum absolute atomic E-state index is 5.89. The van der Waals surface area contributed by atoms with Gasteiger partial charge in [-0.15, -0.1) is 12.4 Å². The second kappa shape index (κ2) is 4.95. The Kier molecular flexibility index (Phi) is 5.21. The van der Waals surface area contributed by atoms with Crippen LogP contribution in [0, 0.1) is 13.8 Å². The summed E-state index contributed by atoms with van der Waals surface area (Å²) in [6, 6.07) is 0. The predicted molar refractivity (Wildman–Crippen MR) is 63.2 cm³/mol. The topological polar surface area (TPSA) is 0 Å². The Hall–Kier alpha value is 0.670. The van der Waals surface area contributed by atoms with Crippen LogP contribution in [0.4, 0.5) is 0 Å². The highest BCUT2D eigenvalue weighted by atomic mass is 35.5. The van der Waals surface area contributed by atoms with Crippen molar-refractivity contribution in [3.05, 3.63) is 31.2 Å². The monoisotopic (exact) mass is 278 g/mol. The molecule has 0 amide bonds. The van der Waals surface area contributed by atoms with Gasteiger partial charge < -0.3 is 0 Å². The minimum absolute atomic E-state index is 0. The van der Waals surface area contributed by atoms with Crippen LogP contribution >= 0.6 is 58.8 Å². The Labute approximate surface area is 104 Å². The van der Waals surface area contributed by atoms with E-state index in [2.05, 4.69) is 0 Å². The van der Waals surface area contributed by atoms with E-state index in [4.69, 9.17) is 46.4 Å². The molecule has 0 saturated carbocycles. The molecule has 1 aromatic carbocycles. The molecule has 0 heterocycles. The number of hydrogen-bond donors (Lipinski definition) is 0. The molecule has 0 nitrogen and oxygen atoms in total. The summed E-state index contributed by atoms with van der Waals surface area (Å²) in [6.45, 7) is 3.71. The van der Waals surface area contributed by atoms with Gasteiger partial charge in [0, 0.05) is 0 Å². The first-order valence-electron chi connectivity index (χ1n) is 3.26. The van der Waals surface area contributed by atoms with Crippen LogP contribution in [0.15, 0.2) is 0 Å². The molecule has 0 saturated heterocycles. The van der Waals surface area contributed by atoms with E-state index >= 15 is 0 Å². The highest BCUT2D eigenvalue weighted by Gasteiger charge is 2.14. The second-order valence-corrected chi connectivity index (χ2v) is 4.02. The van der Waals surface area contributed by atoms with Crippen LogP contribution in [0.3, 0.4) is 0 Å². The fourth-order valence-corrected chi connectivity index (χ4v) is 1.89. The summed E-state index contributed by atoms with van der Waals surface area (Å²) in [7, 11) is 0. The van der Waals surface area contributed by atoms with Crippen molar-refractivity contribution in [3.63, 3.8) is 0 Å². The maximum Gasteiger partial charge on any atom is 0.0796 e. The highest BCUT2D eigenvalue weighted by molar-refractivity contribution is 6.52. The molecule has 1 rings (SSSR count). The van der Waals surface area contributed by atoms with Gasteiger partial charge in [-0.05, 0) is 25.0 Å². The van der Waals surface area contributed by atoms with Gasteiger partial charge in [0.1, 0.15) is 0 Å². The molecule has 0 radical (unpaired) electrons. The lowest BCUT2D eigenvalue weighted by Gasteiger charge is -2.09. The lowest BCUT2D eigenvalue weighted by atomic mass is 10.1. The molecular weight excluding hydrogens is 273 g/mol. The molecule has 13 heavy (non-hydrogen) atoms. The van der Waals surface area contributed by atoms with Gasteiger partial charge in [-0.2, -0.15) is 0 Å². The van der Waals surface area contributed by atoms with E-state index in [0.717, 1.165) is 11.1 Å². The Morgan fingerprint density at radius 2 is 0.846 bits per heavy atom. The first kappa shape index (κ1) is 13.7. The maximum atomic E-state index is 5.89. The van der Waals surface area contributed by atoms with Gasteiger partial charge in [0.2, 0.25) is 0 Å². The Morgan fingerprint density at radius 3 is 1.08 bits per heavy atom. The third-order valence-corrected chi connectivity index (χ3v) is 3.79. The van der Waals surface area contributed by atoms with E-state index in [1.165, 1.54) is 0 Å². The predicted octanol–water partition coefficient (Wildman–Crippen LogP) is 5.34. The van der Waals surface area contributed by atoms with Crippen LogP contribution in [-0.2, 0) is 0 Å². The third kappa shape index (κ3) is 2.37. The highest BCUT2D eigenvalue weighted by Crippen LogP contribution is 2.40. The van der Waals surface area contributed by atoms with Crippen LogP contribution in [0.5, 0.6) is 0 Å². The van der Waals surface area contributed by atoms with Crippen molar-refractivity contribution in [2.45, 2.75) is 13.8 Å². The zero-order valence-corrected chi connectivity index (χ0v) is 10.8. The summed E-state index contributed by atoms with van der Waals surface area (Å²) in [6.07, 6.45) is 0. The normalized spacial score (nSPS) is 9.69. The van der Waals surface area contributed by atoms with Gasteiger partial charge in [-0.25, -0.2) is 0 Å². The molecule has 0 spiro atoms. The molecule has 0 aliphatic carbocycles. The lowest BCUT2D eigenvalue weighted by molar-refractivity contribution is 1.34.